The molecule has 2 N–H and O–H groups in total. The highest BCUT2D eigenvalue weighted by molar-refractivity contribution is 6.17. The minimum Gasteiger partial charge on any atom is -0.409 e. The molecule has 2 heterocycles. The lowest BCUT2D eigenvalue weighted by atomic mass is 10.1. The molecule has 0 unspecified atom stereocenters. The van der Waals surface area contributed by atoms with Gasteiger partial charge in [-0.25, -0.2) is 4.74 Å². The van der Waals surface area contributed by atoms with Gasteiger partial charge in [0.2, 0.25) is 0 Å². The van der Waals surface area contributed by atoms with Crippen molar-refractivity contribution in [2.75, 3.05) is 18.5 Å². The topological polar surface area (TPSA) is 88.1 Å². The molecule has 0 saturated heterocycles. The van der Waals surface area contributed by atoms with Crippen LogP contribution in [0.15, 0.2) is 30.0 Å². The first-order valence-corrected chi connectivity index (χ1v) is 6.88. The summed E-state index contributed by atoms with van der Waals surface area (Å²) >= 11 is 0. The largest absolute Gasteiger partial charge is 0.540 e. The highest BCUT2D eigenvalue weighted by Gasteiger charge is 2.54. The number of ether oxygens (including phenoxy) is 2. The molecule has 11 heteroatoms. The standard InChI is InChI=1S/C14H10F4N2O5/c15-13(16)8-5-7(1-2-10(8)24-14(17,18)25-13)19-9-6-11(22)20(3-4-21)12(9)23/h1-2,5-6,19,21H,3-4H2. The maximum atomic E-state index is 13.7. The molecule has 134 valence electrons. The van der Waals surface area contributed by atoms with Crippen molar-refractivity contribution in [2.45, 2.75) is 12.4 Å². The molecule has 25 heavy (non-hydrogen) atoms. The molecular weight excluding hydrogens is 352 g/mol. The Morgan fingerprint density at radius 3 is 2.60 bits per heavy atom. The van der Waals surface area contributed by atoms with Crippen LogP contribution in [0.4, 0.5) is 23.2 Å². The second-order valence-electron chi connectivity index (χ2n) is 5.10. The molecule has 0 bridgehead atoms. The Balaban J connectivity index is 1.86. The Morgan fingerprint density at radius 1 is 1.20 bits per heavy atom. The summed E-state index contributed by atoms with van der Waals surface area (Å²) < 4.78 is 60.7. The number of nitrogens with one attached hydrogen (secondary N) is 1. The quantitative estimate of drug-likeness (QED) is 0.621. The number of hydrogen-bond donors (Lipinski definition) is 2. The number of anilines is 1. The van der Waals surface area contributed by atoms with Gasteiger partial charge in [-0.05, 0) is 18.2 Å². The van der Waals surface area contributed by atoms with Crippen LogP contribution in [0.25, 0.3) is 0 Å². The Bertz CT molecular complexity index is 780. The Hall–Kier alpha value is -2.66. The molecule has 2 aliphatic rings. The number of carbonyl (C=O) groups is 2. The van der Waals surface area contributed by atoms with Crippen LogP contribution in [-0.4, -0.2) is 41.3 Å². The second kappa shape index (κ2) is 5.70. The Morgan fingerprint density at radius 2 is 1.92 bits per heavy atom. The molecule has 1 aromatic carbocycles. The lowest BCUT2D eigenvalue weighted by Gasteiger charge is -2.30. The molecule has 0 saturated carbocycles. The second-order valence-corrected chi connectivity index (χ2v) is 5.10. The van der Waals surface area contributed by atoms with Crippen molar-refractivity contribution in [3.8, 4) is 5.75 Å². The van der Waals surface area contributed by atoms with E-state index in [2.05, 4.69) is 14.8 Å². The molecule has 2 aliphatic heterocycles. The fourth-order valence-electron chi connectivity index (χ4n) is 2.34. The van der Waals surface area contributed by atoms with E-state index in [1.54, 1.807) is 0 Å². The zero-order valence-corrected chi connectivity index (χ0v) is 12.3. The van der Waals surface area contributed by atoms with Crippen LogP contribution in [0.5, 0.6) is 5.75 Å². The highest BCUT2D eigenvalue weighted by Crippen LogP contribution is 2.47. The van der Waals surface area contributed by atoms with Gasteiger partial charge in [0, 0.05) is 11.8 Å². The van der Waals surface area contributed by atoms with Crippen molar-refractivity contribution in [3.63, 3.8) is 0 Å². The third-order valence-electron chi connectivity index (χ3n) is 3.38. The zero-order valence-electron chi connectivity index (χ0n) is 12.3. The van der Waals surface area contributed by atoms with Gasteiger partial charge in [-0.1, -0.05) is 0 Å². The Kier molecular flexibility index (Phi) is 3.92. The van der Waals surface area contributed by atoms with Crippen molar-refractivity contribution in [1.29, 1.82) is 0 Å². The smallest absolute Gasteiger partial charge is 0.409 e. The predicted molar refractivity (Wildman–Crippen MR) is 72.5 cm³/mol. The number of carbonyl (C=O) groups excluding carboxylic acids is 2. The van der Waals surface area contributed by atoms with Gasteiger partial charge >= 0.3 is 12.4 Å². The van der Waals surface area contributed by atoms with Gasteiger partial charge < -0.3 is 15.2 Å². The van der Waals surface area contributed by atoms with E-state index in [1.165, 1.54) is 0 Å². The van der Waals surface area contributed by atoms with Crippen LogP contribution >= 0.6 is 0 Å². The van der Waals surface area contributed by atoms with E-state index in [4.69, 9.17) is 5.11 Å². The average Bonchev–Trinajstić information content (AvgIpc) is 2.74. The van der Waals surface area contributed by atoms with Gasteiger partial charge in [-0.3, -0.25) is 14.5 Å². The summed E-state index contributed by atoms with van der Waals surface area (Å²) in [4.78, 5) is 24.3. The number of benzene rings is 1. The number of fused-ring (bicyclic) bond motifs is 1. The fourth-order valence-corrected chi connectivity index (χ4v) is 2.34. The van der Waals surface area contributed by atoms with E-state index < -0.39 is 42.1 Å². The van der Waals surface area contributed by atoms with Crippen molar-refractivity contribution in [2.24, 2.45) is 0 Å². The zero-order chi connectivity index (χ0) is 18.4. The molecule has 3 rings (SSSR count). The number of hydrogen-bond acceptors (Lipinski definition) is 6. The molecule has 7 nitrogen and oxygen atoms in total. The van der Waals surface area contributed by atoms with Crippen molar-refractivity contribution < 1.29 is 41.7 Å². The first kappa shape index (κ1) is 17.2. The van der Waals surface area contributed by atoms with E-state index in [0.717, 1.165) is 29.2 Å². The van der Waals surface area contributed by atoms with Crippen molar-refractivity contribution >= 4 is 17.5 Å². The number of aliphatic hydroxyl groups excluding tert-OH is 1. The molecule has 0 atom stereocenters. The van der Waals surface area contributed by atoms with Gasteiger partial charge in [0.15, 0.2) is 0 Å². The Labute approximate surface area is 137 Å². The minimum absolute atomic E-state index is 0.0749. The molecule has 0 spiro atoms. The summed E-state index contributed by atoms with van der Waals surface area (Å²) in [5, 5.41) is 11.3. The number of amides is 2. The van der Waals surface area contributed by atoms with E-state index >= 15 is 0 Å². The lowest BCUT2D eigenvalue weighted by Crippen LogP contribution is -2.41. The van der Waals surface area contributed by atoms with Crippen LogP contribution < -0.4 is 10.1 Å². The lowest BCUT2D eigenvalue weighted by molar-refractivity contribution is -0.461. The molecule has 1 aromatic rings. The summed E-state index contributed by atoms with van der Waals surface area (Å²) in [5.41, 5.74) is -1.26. The number of halogens is 4. The van der Waals surface area contributed by atoms with Crippen LogP contribution in [0.1, 0.15) is 5.56 Å². The third-order valence-corrected chi connectivity index (χ3v) is 3.38. The van der Waals surface area contributed by atoms with Gasteiger partial charge in [0.25, 0.3) is 11.8 Å². The monoisotopic (exact) mass is 362 g/mol. The average molecular weight is 362 g/mol. The molecule has 0 aromatic heterocycles. The van der Waals surface area contributed by atoms with E-state index in [-0.39, 0.29) is 17.9 Å². The van der Waals surface area contributed by atoms with Crippen molar-refractivity contribution in [1.82, 2.24) is 4.90 Å². The van der Waals surface area contributed by atoms with Crippen LogP contribution in [0, 0.1) is 0 Å². The predicted octanol–water partition coefficient (Wildman–Crippen LogP) is 1.35. The molecule has 2 amide bonds. The first-order valence-electron chi connectivity index (χ1n) is 6.88. The van der Waals surface area contributed by atoms with E-state index in [1.807, 2.05) is 0 Å². The number of β-amino-alcohol motifs (C(OH)–C–C–N with tert-alkyl or cyclic N) is 1. The fraction of sp³-hybridized carbons (Fsp3) is 0.286. The van der Waals surface area contributed by atoms with Gasteiger partial charge in [0.1, 0.15) is 11.4 Å². The molecular formula is C14H10F4N2O5. The van der Waals surface area contributed by atoms with Gasteiger partial charge in [-0.15, -0.1) is 8.78 Å². The highest BCUT2D eigenvalue weighted by atomic mass is 19.3. The summed E-state index contributed by atoms with van der Waals surface area (Å²) in [6.07, 6.45) is -7.87. The minimum atomic E-state index is -4.48. The number of aliphatic hydroxyl groups is 1. The summed E-state index contributed by atoms with van der Waals surface area (Å²) in [5.74, 6) is -2.23. The van der Waals surface area contributed by atoms with Gasteiger partial charge in [-0.2, -0.15) is 8.78 Å². The molecule has 0 fully saturated rings. The third kappa shape index (κ3) is 3.15. The summed E-state index contributed by atoms with van der Waals surface area (Å²) in [6.45, 7) is -0.662. The number of imide groups is 1. The number of nitrogens with zero attached hydrogens (tertiary/aromatic N) is 1. The summed E-state index contributed by atoms with van der Waals surface area (Å²) in [6, 6.07) is 2.73. The summed E-state index contributed by atoms with van der Waals surface area (Å²) in [7, 11) is 0. The van der Waals surface area contributed by atoms with Crippen LogP contribution in [0.3, 0.4) is 0 Å². The van der Waals surface area contributed by atoms with Crippen LogP contribution in [-0.2, 0) is 20.4 Å². The van der Waals surface area contributed by atoms with Gasteiger partial charge in [0.05, 0.1) is 18.7 Å². The number of alkyl halides is 4. The first-order chi connectivity index (χ1) is 11.6. The maximum absolute atomic E-state index is 13.7. The van der Waals surface area contributed by atoms with E-state index in [9.17, 15) is 27.2 Å². The normalized spacial score (nSPS) is 20.8. The van der Waals surface area contributed by atoms with E-state index in [0.29, 0.717) is 0 Å². The molecule has 0 radical (unpaired) electrons. The van der Waals surface area contributed by atoms with Crippen molar-refractivity contribution in [3.05, 3.63) is 35.5 Å². The maximum Gasteiger partial charge on any atom is 0.540 e. The molecule has 0 aliphatic carbocycles. The van der Waals surface area contributed by atoms with Crippen LogP contribution in [0.2, 0.25) is 0 Å². The SMILES string of the molecule is O=C1C=C(Nc2ccc3c(c2)C(F)(F)OC(F)(F)O3)C(=O)N1CCO. The number of rotatable bonds is 4.